The third-order valence-corrected chi connectivity index (χ3v) is 4.67. The van der Waals surface area contributed by atoms with Crippen molar-refractivity contribution in [3.05, 3.63) is 18.0 Å². The maximum absolute atomic E-state index is 4.47. The summed E-state index contributed by atoms with van der Waals surface area (Å²) in [5.74, 6) is 0.755. The van der Waals surface area contributed by atoms with Crippen molar-refractivity contribution in [2.75, 3.05) is 7.05 Å². The maximum Gasteiger partial charge on any atom is 0.0556 e. The molecule has 0 aromatic carbocycles. The van der Waals surface area contributed by atoms with Crippen LogP contribution in [0.1, 0.15) is 64.6 Å². The van der Waals surface area contributed by atoms with Gasteiger partial charge < -0.3 is 5.32 Å². The Kier molecular flexibility index (Phi) is 4.67. The van der Waals surface area contributed by atoms with Gasteiger partial charge in [0.25, 0.3) is 0 Å². The summed E-state index contributed by atoms with van der Waals surface area (Å²) in [5, 5.41) is 8.01. The third-order valence-electron chi connectivity index (χ3n) is 4.67. The fraction of sp³-hybridized carbons (Fsp3) is 0.812. The topological polar surface area (TPSA) is 29.9 Å². The van der Waals surface area contributed by atoms with Gasteiger partial charge in [-0.05, 0) is 56.6 Å². The standard InChI is InChI=1S/C16H29N3/c1-5-12-19-14(8-11-18-19)15(17-4)13-6-9-16(2,3)10-7-13/h8,11,13,15,17H,5-7,9-10,12H2,1-4H3. The predicted molar refractivity (Wildman–Crippen MR) is 80.1 cm³/mol. The molecule has 1 aromatic rings. The van der Waals surface area contributed by atoms with Gasteiger partial charge in [0.2, 0.25) is 0 Å². The van der Waals surface area contributed by atoms with E-state index in [0.29, 0.717) is 11.5 Å². The molecule has 0 saturated heterocycles. The number of nitrogens with one attached hydrogen (secondary N) is 1. The van der Waals surface area contributed by atoms with Gasteiger partial charge in [0.05, 0.1) is 11.7 Å². The van der Waals surface area contributed by atoms with Crippen LogP contribution in [0.3, 0.4) is 0 Å². The molecule has 1 atom stereocenters. The Morgan fingerprint density at radius 3 is 2.68 bits per heavy atom. The highest BCUT2D eigenvalue weighted by Gasteiger charge is 2.32. The van der Waals surface area contributed by atoms with Gasteiger partial charge in [0.15, 0.2) is 0 Å². The van der Waals surface area contributed by atoms with Crippen molar-refractivity contribution in [2.24, 2.45) is 11.3 Å². The Labute approximate surface area is 117 Å². The highest BCUT2D eigenvalue weighted by Crippen LogP contribution is 2.42. The van der Waals surface area contributed by atoms with Crippen LogP contribution in [0.25, 0.3) is 0 Å². The lowest BCUT2D eigenvalue weighted by Gasteiger charge is -2.38. The summed E-state index contributed by atoms with van der Waals surface area (Å²) < 4.78 is 2.18. The predicted octanol–water partition coefficient (Wildman–Crippen LogP) is 3.77. The molecular weight excluding hydrogens is 234 g/mol. The lowest BCUT2D eigenvalue weighted by atomic mass is 9.70. The van der Waals surface area contributed by atoms with E-state index in [1.807, 2.05) is 6.20 Å². The summed E-state index contributed by atoms with van der Waals surface area (Å²) >= 11 is 0. The van der Waals surface area contributed by atoms with Crippen LogP contribution in [0.2, 0.25) is 0 Å². The molecule has 1 aromatic heterocycles. The van der Waals surface area contributed by atoms with Crippen LogP contribution in [0.4, 0.5) is 0 Å². The van der Waals surface area contributed by atoms with Crippen LogP contribution in [0.5, 0.6) is 0 Å². The van der Waals surface area contributed by atoms with Gasteiger partial charge in [0.1, 0.15) is 0 Å². The van der Waals surface area contributed by atoms with Gasteiger partial charge in [-0.2, -0.15) is 5.10 Å². The average Bonchev–Trinajstić information content (AvgIpc) is 2.81. The molecule has 1 saturated carbocycles. The van der Waals surface area contributed by atoms with Crippen molar-refractivity contribution in [2.45, 2.75) is 65.5 Å². The van der Waals surface area contributed by atoms with Crippen molar-refractivity contribution in [1.82, 2.24) is 15.1 Å². The number of hydrogen-bond donors (Lipinski definition) is 1. The highest BCUT2D eigenvalue weighted by molar-refractivity contribution is 5.09. The van der Waals surface area contributed by atoms with Crippen molar-refractivity contribution in [3.8, 4) is 0 Å². The van der Waals surface area contributed by atoms with E-state index in [1.54, 1.807) is 0 Å². The minimum absolute atomic E-state index is 0.463. The Hall–Kier alpha value is -0.830. The molecule has 0 radical (unpaired) electrons. The van der Waals surface area contributed by atoms with E-state index in [0.717, 1.165) is 18.9 Å². The molecule has 0 aliphatic heterocycles. The highest BCUT2D eigenvalue weighted by atomic mass is 15.3. The first kappa shape index (κ1) is 14.6. The molecule has 0 bridgehead atoms. The largest absolute Gasteiger partial charge is 0.311 e. The van der Waals surface area contributed by atoms with E-state index < -0.39 is 0 Å². The van der Waals surface area contributed by atoms with Gasteiger partial charge >= 0.3 is 0 Å². The number of aryl methyl sites for hydroxylation is 1. The van der Waals surface area contributed by atoms with Crippen LogP contribution >= 0.6 is 0 Å². The number of hydrogen-bond acceptors (Lipinski definition) is 2. The summed E-state index contributed by atoms with van der Waals surface area (Å²) in [6.07, 6.45) is 8.44. The van der Waals surface area contributed by atoms with Crippen LogP contribution in [-0.2, 0) is 6.54 Å². The summed E-state index contributed by atoms with van der Waals surface area (Å²) in [7, 11) is 2.09. The van der Waals surface area contributed by atoms with E-state index >= 15 is 0 Å². The zero-order valence-corrected chi connectivity index (χ0v) is 12.9. The van der Waals surface area contributed by atoms with E-state index in [1.165, 1.54) is 31.4 Å². The van der Waals surface area contributed by atoms with Gasteiger partial charge in [-0.15, -0.1) is 0 Å². The second-order valence-corrected chi connectivity index (χ2v) is 6.75. The van der Waals surface area contributed by atoms with Gasteiger partial charge in [-0.25, -0.2) is 0 Å². The molecule has 0 spiro atoms. The first-order valence-electron chi connectivity index (χ1n) is 7.76. The number of aromatic nitrogens is 2. The second kappa shape index (κ2) is 6.08. The molecule has 3 nitrogen and oxygen atoms in total. The summed E-state index contributed by atoms with van der Waals surface area (Å²) in [6, 6.07) is 2.65. The van der Waals surface area contributed by atoms with Crippen molar-refractivity contribution in [3.63, 3.8) is 0 Å². The Morgan fingerprint density at radius 2 is 2.11 bits per heavy atom. The summed E-state index contributed by atoms with van der Waals surface area (Å²) in [5.41, 5.74) is 1.91. The number of nitrogens with zero attached hydrogens (tertiary/aromatic N) is 2. The molecule has 2 rings (SSSR count). The smallest absolute Gasteiger partial charge is 0.0556 e. The molecule has 1 aliphatic rings. The fourth-order valence-electron chi connectivity index (χ4n) is 3.39. The molecular formula is C16H29N3. The molecule has 19 heavy (non-hydrogen) atoms. The second-order valence-electron chi connectivity index (χ2n) is 6.75. The van der Waals surface area contributed by atoms with E-state index in [4.69, 9.17) is 0 Å². The first-order valence-corrected chi connectivity index (χ1v) is 7.76. The van der Waals surface area contributed by atoms with Crippen LogP contribution in [0, 0.1) is 11.3 Å². The molecule has 1 unspecified atom stereocenters. The average molecular weight is 263 g/mol. The molecule has 1 aliphatic carbocycles. The SMILES string of the molecule is CCCn1nccc1C(NC)C1CCC(C)(C)CC1. The molecule has 1 heterocycles. The zero-order chi connectivity index (χ0) is 13.9. The molecule has 108 valence electrons. The third kappa shape index (κ3) is 3.38. The van der Waals surface area contributed by atoms with Crippen LogP contribution < -0.4 is 5.32 Å². The summed E-state index contributed by atoms with van der Waals surface area (Å²) in [6.45, 7) is 8.04. The van der Waals surface area contributed by atoms with E-state index in [-0.39, 0.29) is 0 Å². The molecule has 0 amide bonds. The first-order chi connectivity index (χ1) is 9.07. The Bertz CT molecular complexity index is 384. The quantitative estimate of drug-likeness (QED) is 0.876. The minimum atomic E-state index is 0.463. The maximum atomic E-state index is 4.47. The van der Waals surface area contributed by atoms with Crippen molar-refractivity contribution >= 4 is 0 Å². The van der Waals surface area contributed by atoms with Gasteiger partial charge in [-0.3, -0.25) is 4.68 Å². The van der Waals surface area contributed by atoms with E-state index in [2.05, 4.69) is 49.0 Å². The number of rotatable bonds is 5. The Balaban J connectivity index is 2.09. The Morgan fingerprint density at radius 1 is 1.42 bits per heavy atom. The van der Waals surface area contributed by atoms with Crippen molar-refractivity contribution in [1.29, 1.82) is 0 Å². The fourth-order valence-corrected chi connectivity index (χ4v) is 3.39. The summed E-state index contributed by atoms with van der Waals surface area (Å²) in [4.78, 5) is 0. The van der Waals surface area contributed by atoms with Gasteiger partial charge in [0, 0.05) is 12.7 Å². The molecule has 1 fully saturated rings. The minimum Gasteiger partial charge on any atom is -0.311 e. The lowest BCUT2D eigenvalue weighted by Crippen LogP contribution is -2.32. The monoisotopic (exact) mass is 263 g/mol. The van der Waals surface area contributed by atoms with Crippen molar-refractivity contribution < 1.29 is 0 Å². The molecule has 1 N–H and O–H groups in total. The van der Waals surface area contributed by atoms with Crippen LogP contribution in [0.15, 0.2) is 12.3 Å². The molecule has 3 heteroatoms. The van der Waals surface area contributed by atoms with Gasteiger partial charge in [-0.1, -0.05) is 20.8 Å². The van der Waals surface area contributed by atoms with E-state index in [9.17, 15) is 0 Å². The zero-order valence-electron chi connectivity index (χ0n) is 12.9. The lowest BCUT2D eigenvalue weighted by molar-refractivity contribution is 0.161. The normalized spacial score (nSPS) is 21.5. The van der Waals surface area contributed by atoms with Crippen LogP contribution in [-0.4, -0.2) is 16.8 Å².